The van der Waals surface area contributed by atoms with E-state index in [-0.39, 0.29) is 5.96 Å². The standard InChI is InChI=1S/C5H9NO.C2H4N4/c1-6-4-2-3-5(6)7;3-1-6-2(4)5/h2-4H2,1H3;(H4,4,5,6). The van der Waals surface area contributed by atoms with Gasteiger partial charge in [-0.25, -0.2) is 0 Å². The first kappa shape index (κ1) is 11.2. The molecule has 0 spiro atoms. The van der Waals surface area contributed by atoms with E-state index >= 15 is 0 Å². The first-order valence-corrected chi connectivity index (χ1v) is 3.79. The average molecular weight is 183 g/mol. The summed E-state index contributed by atoms with van der Waals surface area (Å²) in [7, 11) is 1.84. The third-order valence-electron chi connectivity index (χ3n) is 1.49. The van der Waals surface area contributed by atoms with Gasteiger partial charge in [-0.2, -0.15) is 5.26 Å². The summed E-state index contributed by atoms with van der Waals surface area (Å²) in [4.78, 5) is 15.2. The number of nitrogens with two attached hydrogens (primary N) is 2. The predicted octanol–water partition coefficient (Wildman–Crippen LogP) is -1.02. The van der Waals surface area contributed by atoms with Gasteiger partial charge in [0.15, 0.2) is 0 Å². The van der Waals surface area contributed by atoms with Gasteiger partial charge in [0, 0.05) is 20.0 Å². The van der Waals surface area contributed by atoms with E-state index in [0.717, 1.165) is 19.4 Å². The lowest BCUT2D eigenvalue weighted by Crippen LogP contribution is -2.21. The number of aliphatic imine (C=N–C) groups is 1. The summed E-state index contributed by atoms with van der Waals surface area (Å²) in [6.45, 7) is 0.957. The second-order valence-corrected chi connectivity index (χ2v) is 2.56. The van der Waals surface area contributed by atoms with E-state index in [0.29, 0.717) is 5.91 Å². The first-order valence-electron chi connectivity index (χ1n) is 3.79. The molecular weight excluding hydrogens is 170 g/mol. The number of hydrogen-bond acceptors (Lipinski definition) is 3. The van der Waals surface area contributed by atoms with E-state index in [1.165, 1.54) is 6.19 Å². The van der Waals surface area contributed by atoms with Crippen molar-refractivity contribution in [3.8, 4) is 6.19 Å². The Bertz CT molecular complexity index is 238. The number of rotatable bonds is 0. The molecule has 4 N–H and O–H groups in total. The van der Waals surface area contributed by atoms with Crippen LogP contribution < -0.4 is 11.5 Å². The summed E-state index contributed by atoms with van der Waals surface area (Å²) in [5.41, 5.74) is 9.42. The Kier molecular flexibility index (Phi) is 5.03. The maximum atomic E-state index is 10.5. The molecule has 0 radical (unpaired) electrons. The van der Waals surface area contributed by atoms with Gasteiger partial charge in [0.25, 0.3) is 0 Å². The topological polar surface area (TPSA) is 108 Å². The largest absolute Gasteiger partial charge is 0.369 e. The number of amides is 1. The van der Waals surface area contributed by atoms with Crippen molar-refractivity contribution < 1.29 is 4.79 Å². The van der Waals surface area contributed by atoms with Crippen molar-refractivity contribution >= 4 is 11.9 Å². The summed E-state index contributed by atoms with van der Waals surface area (Å²) < 4.78 is 0. The van der Waals surface area contributed by atoms with E-state index in [2.05, 4.69) is 4.99 Å². The lowest BCUT2D eigenvalue weighted by atomic mass is 10.4. The fraction of sp³-hybridized carbons (Fsp3) is 0.571. The summed E-state index contributed by atoms with van der Waals surface area (Å²) in [5.74, 6) is 0.0949. The zero-order valence-electron chi connectivity index (χ0n) is 7.53. The molecule has 1 heterocycles. The normalized spacial score (nSPS) is 14.2. The third-order valence-corrected chi connectivity index (χ3v) is 1.49. The van der Waals surface area contributed by atoms with Crippen molar-refractivity contribution in [1.29, 1.82) is 5.26 Å². The van der Waals surface area contributed by atoms with Crippen LogP contribution in [-0.2, 0) is 4.79 Å². The quantitative estimate of drug-likeness (QED) is 0.284. The molecule has 0 aromatic rings. The van der Waals surface area contributed by atoms with Crippen LogP contribution in [0.3, 0.4) is 0 Å². The van der Waals surface area contributed by atoms with E-state index in [1.54, 1.807) is 4.90 Å². The number of carbonyl (C=O) groups is 1. The lowest BCUT2D eigenvalue weighted by molar-refractivity contribution is -0.126. The number of likely N-dealkylation sites (tertiary alicyclic amines) is 1. The van der Waals surface area contributed by atoms with Crippen LogP contribution in [0.15, 0.2) is 4.99 Å². The van der Waals surface area contributed by atoms with Crippen molar-refractivity contribution in [3.63, 3.8) is 0 Å². The summed E-state index contributed by atoms with van der Waals surface area (Å²) in [6, 6.07) is 0. The summed E-state index contributed by atoms with van der Waals surface area (Å²) in [5, 5.41) is 7.64. The van der Waals surface area contributed by atoms with Gasteiger partial charge >= 0.3 is 0 Å². The van der Waals surface area contributed by atoms with Crippen molar-refractivity contribution in [3.05, 3.63) is 0 Å². The van der Waals surface area contributed by atoms with Gasteiger partial charge in [-0.05, 0) is 6.42 Å². The van der Waals surface area contributed by atoms with E-state index in [4.69, 9.17) is 16.7 Å². The van der Waals surface area contributed by atoms with Crippen LogP contribution in [0.25, 0.3) is 0 Å². The fourth-order valence-electron chi connectivity index (χ4n) is 0.841. The Morgan fingerprint density at radius 1 is 1.69 bits per heavy atom. The highest BCUT2D eigenvalue weighted by Crippen LogP contribution is 2.04. The third kappa shape index (κ3) is 5.49. The average Bonchev–Trinajstić information content (AvgIpc) is 2.37. The van der Waals surface area contributed by atoms with Crippen molar-refractivity contribution in [2.45, 2.75) is 12.8 Å². The molecule has 0 atom stereocenters. The molecule has 6 heteroatoms. The highest BCUT2D eigenvalue weighted by Gasteiger charge is 2.14. The van der Waals surface area contributed by atoms with Crippen LogP contribution in [0.4, 0.5) is 0 Å². The minimum Gasteiger partial charge on any atom is -0.369 e. The molecule has 0 aliphatic carbocycles. The van der Waals surface area contributed by atoms with Crippen molar-refractivity contribution in [2.24, 2.45) is 16.5 Å². The SMILES string of the molecule is CN1CCCC1=O.N#CN=C(N)N. The van der Waals surface area contributed by atoms with Crippen LogP contribution in [0, 0.1) is 11.5 Å². The number of guanidine groups is 1. The molecule has 1 fully saturated rings. The Balaban J connectivity index is 0.000000226. The van der Waals surface area contributed by atoms with Crippen LogP contribution in [-0.4, -0.2) is 30.4 Å². The predicted molar refractivity (Wildman–Crippen MR) is 48.3 cm³/mol. The minimum atomic E-state index is -0.197. The second kappa shape index (κ2) is 5.83. The molecule has 6 nitrogen and oxygen atoms in total. The molecule has 0 unspecified atom stereocenters. The van der Waals surface area contributed by atoms with E-state index in [9.17, 15) is 4.79 Å². The Labute approximate surface area is 76.8 Å². The Morgan fingerprint density at radius 2 is 2.31 bits per heavy atom. The zero-order valence-corrected chi connectivity index (χ0v) is 7.53. The monoisotopic (exact) mass is 183 g/mol. The maximum absolute atomic E-state index is 10.5. The lowest BCUT2D eigenvalue weighted by Gasteiger charge is -2.03. The van der Waals surface area contributed by atoms with Crippen molar-refractivity contribution in [1.82, 2.24) is 4.90 Å². The smallest absolute Gasteiger partial charge is 0.222 e. The maximum Gasteiger partial charge on any atom is 0.222 e. The fourth-order valence-corrected chi connectivity index (χ4v) is 0.841. The van der Waals surface area contributed by atoms with Gasteiger partial charge in [0.05, 0.1) is 0 Å². The van der Waals surface area contributed by atoms with Crippen LogP contribution in [0.2, 0.25) is 0 Å². The summed E-state index contributed by atoms with van der Waals surface area (Å²) in [6.07, 6.45) is 3.22. The molecule has 72 valence electrons. The van der Waals surface area contributed by atoms with Gasteiger partial charge in [-0.1, -0.05) is 0 Å². The van der Waals surface area contributed by atoms with Crippen molar-refractivity contribution in [2.75, 3.05) is 13.6 Å². The number of nitrogens with zero attached hydrogens (tertiary/aromatic N) is 3. The van der Waals surface area contributed by atoms with Gasteiger partial charge in [-0.3, -0.25) is 4.79 Å². The van der Waals surface area contributed by atoms with E-state index in [1.807, 2.05) is 7.05 Å². The highest BCUT2D eigenvalue weighted by molar-refractivity contribution is 5.77. The first-order chi connectivity index (χ1) is 6.07. The number of hydrogen-bond donors (Lipinski definition) is 2. The van der Waals surface area contributed by atoms with Crippen LogP contribution >= 0.6 is 0 Å². The molecule has 1 amide bonds. The molecule has 1 saturated heterocycles. The zero-order chi connectivity index (χ0) is 10.3. The molecule has 0 bridgehead atoms. The molecule has 1 rings (SSSR count). The Morgan fingerprint density at radius 3 is 2.38 bits per heavy atom. The van der Waals surface area contributed by atoms with Crippen LogP contribution in [0.5, 0.6) is 0 Å². The van der Waals surface area contributed by atoms with E-state index < -0.39 is 0 Å². The van der Waals surface area contributed by atoms with Gasteiger partial charge in [-0.15, -0.1) is 4.99 Å². The second-order valence-electron chi connectivity index (χ2n) is 2.56. The molecule has 0 saturated carbocycles. The molecule has 13 heavy (non-hydrogen) atoms. The molecular formula is C7H13N5O. The van der Waals surface area contributed by atoms with Crippen LogP contribution in [0.1, 0.15) is 12.8 Å². The molecule has 0 aromatic heterocycles. The Hall–Kier alpha value is -1.77. The van der Waals surface area contributed by atoms with Gasteiger partial charge in [0.1, 0.15) is 0 Å². The highest BCUT2D eigenvalue weighted by atomic mass is 16.2. The minimum absolute atomic E-state index is 0.197. The number of carbonyl (C=O) groups excluding carboxylic acids is 1. The van der Waals surface area contributed by atoms with Gasteiger partial charge in [0.2, 0.25) is 18.1 Å². The molecule has 1 aliphatic heterocycles. The van der Waals surface area contributed by atoms with Gasteiger partial charge < -0.3 is 16.4 Å². The molecule has 1 aliphatic rings. The molecule has 0 aromatic carbocycles. The number of nitriles is 1. The summed E-state index contributed by atoms with van der Waals surface area (Å²) >= 11 is 0.